The first-order valence-corrected chi connectivity index (χ1v) is 11.8. The highest BCUT2D eigenvalue weighted by atomic mass is 19.4. The zero-order chi connectivity index (χ0) is 26.5. The van der Waals surface area contributed by atoms with Crippen LogP contribution >= 0.6 is 0 Å². The van der Waals surface area contributed by atoms with Crippen molar-refractivity contribution < 1.29 is 22.7 Å². The Kier molecular flexibility index (Phi) is 7.18. The molecule has 1 amide bonds. The first-order chi connectivity index (χ1) is 18.4. The third-order valence-electron chi connectivity index (χ3n) is 6.00. The SMILES string of the molecule is O=C(/C=C/C=C(\c1ccc(C(F)(F)F)cc1)c1ccc(N2CCOCC2)nc1)Nc1cnc2cnccn12. The molecule has 1 aromatic carbocycles. The lowest BCUT2D eigenvalue weighted by atomic mass is 9.97. The number of halogens is 3. The number of amides is 1. The Morgan fingerprint density at radius 2 is 1.74 bits per heavy atom. The number of ether oxygens (including phenoxy) is 1. The smallest absolute Gasteiger partial charge is 0.378 e. The van der Waals surface area contributed by atoms with Crippen LogP contribution in [0.3, 0.4) is 0 Å². The number of aromatic nitrogens is 4. The van der Waals surface area contributed by atoms with Gasteiger partial charge in [-0.05, 0) is 35.4 Å². The van der Waals surface area contributed by atoms with Gasteiger partial charge < -0.3 is 15.0 Å². The van der Waals surface area contributed by atoms with Crippen molar-refractivity contribution in [3.05, 3.63) is 102 Å². The highest BCUT2D eigenvalue weighted by Crippen LogP contribution is 2.31. The average molecular weight is 521 g/mol. The molecule has 5 rings (SSSR count). The lowest BCUT2D eigenvalue weighted by Crippen LogP contribution is -2.36. The molecule has 0 saturated carbocycles. The number of alkyl halides is 3. The van der Waals surface area contributed by atoms with E-state index in [-0.39, 0.29) is 0 Å². The largest absolute Gasteiger partial charge is 0.416 e. The van der Waals surface area contributed by atoms with Crippen molar-refractivity contribution in [1.29, 1.82) is 0 Å². The number of nitrogens with one attached hydrogen (secondary N) is 1. The molecule has 0 aliphatic carbocycles. The Morgan fingerprint density at radius 3 is 2.45 bits per heavy atom. The number of benzene rings is 1. The van der Waals surface area contributed by atoms with Crippen LogP contribution in [0.5, 0.6) is 0 Å². The molecule has 0 radical (unpaired) electrons. The van der Waals surface area contributed by atoms with E-state index in [4.69, 9.17) is 4.74 Å². The molecule has 1 aliphatic rings. The standard InChI is InChI=1S/C27H23F3N6O2/c28-27(29,30)21-7-4-19(5-8-21)22(20-6-9-23(32-16-20)35-12-14-38-15-13-35)2-1-3-26(37)34-25-18-33-24-17-31-10-11-36(24)25/h1-11,16-18H,12-15H2,(H,34,37)/b3-1+,22-2+. The zero-order valence-electron chi connectivity index (χ0n) is 20.1. The molecule has 38 heavy (non-hydrogen) atoms. The summed E-state index contributed by atoms with van der Waals surface area (Å²) in [6, 6.07) is 8.62. The number of imidazole rings is 1. The number of pyridine rings is 1. The summed E-state index contributed by atoms with van der Waals surface area (Å²) in [4.78, 5) is 27.4. The molecule has 1 fully saturated rings. The van der Waals surface area contributed by atoms with Gasteiger partial charge in [-0.3, -0.25) is 14.2 Å². The molecule has 194 valence electrons. The summed E-state index contributed by atoms with van der Waals surface area (Å²) in [5.74, 6) is 0.876. The first kappa shape index (κ1) is 25.2. The van der Waals surface area contributed by atoms with E-state index in [2.05, 4.69) is 25.2 Å². The van der Waals surface area contributed by atoms with Crippen LogP contribution < -0.4 is 10.2 Å². The van der Waals surface area contributed by atoms with Gasteiger partial charge >= 0.3 is 6.18 Å². The van der Waals surface area contributed by atoms with Crippen LogP contribution in [0.25, 0.3) is 11.2 Å². The van der Waals surface area contributed by atoms with E-state index in [0.29, 0.717) is 41.4 Å². The summed E-state index contributed by atoms with van der Waals surface area (Å²) >= 11 is 0. The molecule has 11 heteroatoms. The van der Waals surface area contributed by atoms with Crippen molar-refractivity contribution in [3.8, 4) is 0 Å². The predicted octanol–water partition coefficient (Wildman–Crippen LogP) is 4.61. The quantitative estimate of drug-likeness (QED) is 0.295. The van der Waals surface area contributed by atoms with E-state index in [1.807, 2.05) is 12.1 Å². The number of nitrogens with zero attached hydrogens (tertiary/aromatic N) is 5. The second-order valence-corrected chi connectivity index (χ2v) is 8.46. The molecular weight excluding hydrogens is 497 g/mol. The van der Waals surface area contributed by atoms with Gasteiger partial charge in [0.2, 0.25) is 5.91 Å². The summed E-state index contributed by atoms with van der Waals surface area (Å²) in [7, 11) is 0. The van der Waals surface area contributed by atoms with Crippen LogP contribution in [-0.4, -0.2) is 51.6 Å². The normalized spacial score (nSPS) is 14.8. The van der Waals surface area contributed by atoms with Gasteiger partial charge in [0.15, 0.2) is 5.65 Å². The van der Waals surface area contributed by atoms with Crippen LogP contribution in [0.1, 0.15) is 16.7 Å². The van der Waals surface area contributed by atoms with Crippen molar-refractivity contribution in [2.75, 3.05) is 36.5 Å². The van der Waals surface area contributed by atoms with Crippen LogP contribution in [0, 0.1) is 0 Å². The van der Waals surface area contributed by atoms with Gasteiger partial charge in [-0.1, -0.05) is 24.3 Å². The van der Waals surface area contributed by atoms with Gasteiger partial charge in [-0.15, -0.1) is 0 Å². The molecular formula is C27H23F3N6O2. The van der Waals surface area contributed by atoms with E-state index in [1.165, 1.54) is 24.4 Å². The van der Waals surface area contributed by atoms with E-state index >= 15 is 0 Å². The number of rotatable bonds is 6. The Labute approximate surface area is 216 Å². The Hall–Kier alpha value is -4.51. The number of hydrogen-bond donors (Lipinski definition) is 1. The zero-order valence-corrected chi connectivity index (χ0v) is 20.1. The van der Waals surface area contributed by atoms with E-state index in [9.17, 15) is 18.0 Å². The van der Waals surface area contributed by atoms with Crippen LogP contribution in [0.2, 0.25) is 0 Å². The molecule has 4 heterocycles. The van der Waals surface area contributed by atoms with Gasteiger partial charge in [0.1, 0.15) is 11.6 Å². The number of fused-ring (bicyclic) bond motifs is 1. The lowest BCUT2D eigenvalue weighted by molar-refractivity contribution is -0.137. The third kappa shape index (κ3) is 5.73. The lowest BCUT2D eigenvalue weighted by Gasteiger charge is -2.27. The minimum atomic E-state index is -4.43. The van der Waals surface area contributed by atoms with Crippen LogP contribution in [-0.2, 0) is 15.7 Å². The number of allylic oxidation sites excluding steroid dienone is 2. The second kappa shape index (κ2) is 10.9. The average Bonchev–Trinajstić information content (AvgIpc) is 3.34. The maximum Gasteiger partial charge on any atom is 0.416 e. The van der Waals surface area contributed by atoms with E-state index in [0.717, 1.165) is 31.0 Å². The van der Waals surface area contributed by atoms with E-state index < -0.39 is 17.6 Å². The van der Waals surface area contributed by atoms with Crippen molar-refractivity contribution in [1.82, 2.24) is 19.4 Å². The van der Waals surface area contributed by atoms with Gasteiger partial charge in [0.05, 0.1) is 31.2 Å². The maximum atomic E-state index is 13.1. The van der Waals surface area contributed by atoms with Gasteiger partial charge in [0.25, 0.3) is 0 Å². The number of carbonyl (C=O) groups is 1. The molecule has 3 aromatic heterocycles. The Bertz CT molecular complexity index is 1470. The topological polar surface area (TPSA) is 84.7 Å². The summed E-state index contributed by atoms with van der Waals surface area (Å²) < 4.78 is 46.4. The fourth-order valence-electron chi connectivity index (χ4n) is 4.06. The van der Waals surface area contributed by atoms with E-state index in [1.54, 1.807) is 41.3 Å². The van der Waals surface area contributed by atoms with Gasteiger partial charge in [-0.2, -0.15) is 13.2 Å². The number of hydrogen-bond acceptors (Lipinski definition) is 6. The molecule has 0 atom stereocenters. The second-order valence-electron chi connectivity index (χ2n) is 8.46. The highest BCUT2D eigenvalue weighted by Gasteiger charge is 2.30. The monoisotopic (exact) mass is 520 g/mol. The van der Waals surface area contributed by atoms with Crippen molar-refractivity contribution >= 4 is 28.8 Å². The molecule has 0 bridgehead atoms. The van der Waals surface area contributed by atoms with Gasteiger partial charge in [-0.25, -0.2) is 9.97 Å². The minimum Gasteiger partial charge on any atom is -0.378 e. The molecule has 4 aromatic rings. The van der Waals surface area contributed by atoms with Crippen LogP contribution in [0.15, 0.2) is 85.6 Å². The molecule has 0 unspecified atom stereocenters. The number of carbonyl (C=O) groups excluding carboxylic acids is 1. The third-order valence-corrected chi connectivity index (χ3v) is 6.00. The van der Waals surface area contributed by atoms with Crippen molar-refractivity contribution in [3.63, 3.8) is 0 Å². The summed E-state index contributed by atoms with van der Waals surface area (Å²) in [5, 5.41) is 2.75. The number of morpholine rings is 1. The summed E-state index contributed by atoms with van der Waals surface area (Å²) in [6.45, 7) is 2.71. The highest BCUT2D eigenvalue weighted by molar-refractivity contribution is 5.99. The first-order valence-electron chi connectivity index (χ1n) is 11.8. The Morgan fingerprint density at radius 1 is 0.974 bits per heavy atom. The molecule has 0 spiro atoms. The van der Waals surface area contributed by atoms with Crippen molar-refractivity contribution in [2.45, 2.75) is 6.18 Å². The van der Waals surface area contributed by atoms with Gasteiger partial charge in [0, 0.05) is 43.3 Å². The molecule has 1 aliphatic heterocycles. The summed E-state index contributed by atoms with van der Waals surface area (Å²) in [6.07, 6.45) is 8.14. The van der Waals surface area contributed by atoms with Crippen molar-refractivity contribution in [2.24, 2.45) is 0 Å². The molecule has 1 saturated heterocycles. The summed E-state index contributed by atoms with van der Waals surface area (Å²) in [5.41, 5.74) is 1.72. The number of anilines is 2. The fourth-order valence-corrected chi connectivity index (χ4v) is 4.06. The molecule has 8 nitrogen and oxygen atoms in total. The molecule has 1 N–H and O–H groups in total. The predicted molar refractivity (Wildman–Crippen MR) is 137 cm³/mol. The maximum absolute atomic E-state index is 13.1. The minimum absolute atomic E-state index is 0.396. The fraction of sp³-hybridized carbons (Fsp3) is 0.185. The Balaban J connectivity index is 1.40. The van der Waals surface area contributed by atoms with Crippen LogP contribution in [0.4, 0.5) is 24.8 Å².